The molecule has 0 saturated carbocycles. The maximum Gasteiger partial charge on any atom is 0.273 e. The van der Waals surface area contributed by atoms with Crippen LogP contribution in [-0.2, 0) is 6.42 Å². The molecule has 1 heterocycles. The molecule has 3 atom stereocenters. The summed E-state index contributed by atoms with van der Waals surface area (Å²) in [6, 6.07) is 12.1. The molecule has 5 heteroatoms. The first-order valence-electron chi connectivity index (χ1n) is 9.00. The fourth-order valence-electron chi connectivity index (χ4n) is 4.21. The average molecular weight is 350 g/mol. The van der Waals surface area contributed by atoms with Crippen molar-refractivity contribution < 1.29 is 9.66 Å². The predicted octanol–water partition coefficient (Wildman–Crippen LogP) is 4.99. The third-order valence-corrected chi connectivity index (χ3v) is 5.60. The van der Waals surface area contributed by atoms with E-state index >= 15 is 0 Å². The number of nitro groups is 1. The summed E-state index contributed by atoms with van der Waals surface area (Å²) in [7, 11) is 1.56. The van der Waals surface area contributed by atoms with Crippen molar-refractivity contribution in [3.05, 3.63) is 75.4 Å². The molecule has 0 saturated heterocycles. The number of benzene rings is 2. The molecular formula is C21H22N2O3. The van der Waals surface area contributed by atoms with Gasteiger partial charge in [-0.25, -0.2) is 0 Å². The second-order valence-electron chi connectivity index (χ2n) is 6.94. The minimum Gasteiger partial charge on any atom is -0.494 e. The number of non-ortho nitro benzene ring substituents is 1. The van der Waals surface area contributed by atoms with E-state index < -0.39 is 0 Å². The highest BCUT2D eigenvalue weighted by atomic mass is 16.6. The Labute approximate surface area is 152 Å². The number of ether oxygens (including phenoxy) is 1. The largest absolute Gasteiger partial charge is 0.494 e. The van der Waals surface area contributed by atoms with Crippen molar-refractivity contribution in [1.82, 2.24) is 0 Å². The lowest BCUT2D eigenvalue weighted by Crippen LogP contribution is -2.29. The third-order valence-electron chi connectivity index (χ3n) is 5.60. The number of allylic oxidation sites excluding steroid dienone is 2. The highest BCUT2D eigenvalue weighted by Gasteiger charge is 2.40. The van der Waals surface area contributed by atoms with Crippen molar-refractivity contribution in [2.75, 3.05) is 12.4 Å². The van der Waals surface area contributed by atoms with E-state index in [1.807, 2.05) is 0 Å². The highest BCUT2D eigenvalue weighted by molar-refractivity contribution is 5.71. The fraction of sp³-hybridized carbons (Fsp3) is 0.333. The summed E-state index contributed by atoms with van der Waals surface area (Å²) in [5, 5.41) is 14.9. The van der Waals surface area contributed by atoms with E-state index in [2.05, 4.69) is 48.7 Å². The molecule has 0 amide bonds. The monoisotopic (exact) mass is 350 g/mol. The van der Waals surface area contributed by atoms with Crippen LogP contribution in [-0.4, -0.2) is 12.0 Å². The number of nitro benzene ring substituents is 1. The van der Waals surface area contributed by atoms with Crippen molar-refractivity contribution in [2.45, 2.75) is 31.7 Å². The summed E-state index contributed by atoms with van der Waals surface area (Å²) in [5.41, 5.74) is 4.46. The molecule has 1 aliphatic carbocycles. The van der Waals surface area contributed by atoms with E-state index in [4.69, 9.17) is 4.74 Å². The normalized spacial score (nSPS) is 23.1. The van der Waals surface area contributed by atoms with Crippen LogP contribution in [0.1, 0.15) is 42.0 Å². The van der Waals surface area contributed by atoms with Crippen LogP contribution in [0.15, 0.2) is 48.6 Å². The molecule has 0 bridgehead atoms. The number of methoxy groups -OCH3 is 1. The summed E-state index contributed by atoms with van der Waals surface area (Å²) in [4.78, 5) is 10.9. The Bertz CT molecular complexity index is 874. The van der Waals surface area contributed by atoms with Crippen LogP contribution < -0.4 is 10.1 Å². The minimum atomic E-state index is -0.355. The van der Waals surface area contributed by atoms with E-state index in [1.54, 1.807) is 13.2 Å². The van der Waals surface area contributed by atoms with Crippen LogP contribution in [0.3, 0.4) is 0 Å². The lowest BCUT2D eigenvalue weighted by molar-refractivity contribution is -0.385. The third kappa shape index (κ3) is 2.64. The molecule has 1 aliphatic heterocycles. The van der Waals surface area contributed by atoms with E-state index in [0.29, 0.717) is 11.7 Å². The number of fused-ring (bicyclic) bond motifs is 3. The molecule has 0 spiro atoms. The Morgan fingerprint density at radius 3 is 2.69 bits per heavy atom. The second kappa shape index (κ2) is 6.48. The van der Waals surface area contributed by atoms with E-state index in [9.17, 15) is 10.1 Å². The molecule has 1 N–H and O–H groups in total. The maximum absolute atomic E-state index is 11.3. The zero-order valence-electron chi connectivity index (χ0n) is 14.9. The number of rotatable bonds is 4. The molecule has 5 nitrogen and oxygen atoms in total. The standard InChI is InChI=1S/C21H22N2O3/c1-3-13-7-9-14(10-8-13)20-17-6-4-5-16(17)18-11-15(23(24)25)12-19(26-2)21(18)22-20/h4-5,7-12,16-17,20,22H,3,6H2,1-2H3/t16-,17-,20+/m1/s1. The van der Waals surface area contributed by atoms with Crippen LogP contribution >= 0.6 is 0 Å². The lowest BCUT2D eigenvalue weighted by atomic mass is 9.76. The van der Waals surface area contributed by atoms with E-state index in [-0.39, 0.29) is 22.6 Å². The molecule has 134 valence electrons. The van der Waals surface area contributed by atoms with Crippen LogP contribution in [0.2, 0.25) is 0 Å². The van der Waals surface area contributed by atoms with Crippen molar-refractivity contribution in [2.24, 2.45) is 5.92 Å². The molecule has 2 aromatic carbocycles. The number of hydrogen-bond donors (Lipinski definition) is 1. The summed E-state index contributed by atoms with van der Waals surface area (Å²) in [5.74, 6) is 1.04. The van der Waals surface area contributed by atoms with Gasteiger partial charge in [0.05, 0.1) is 29.8 Å². The van der Waals surface area contributed by atoms with Crippen LogP contribution in [0.25, 0.3) is 0 Å². The highest BCUT2D eigenvalue weighted by Crippen LogP contribution is 2.53. The predicted molar refractivity (Wildman–Crippen MR) is 102 cm³/mol. The van der Waals surface area contributed by atoms with Gasteiger partial charge in [-0.05, 0) is 35.4 Å². The van der Waals surface area contributed by atoms with E-state index in [0.717, 1.165) is 24.1 Å². The number of hydrogen-bond acceptors (Lipinski definition) is 4. The Kier molecular flexibility index (Phi) is 4.15. The van der Waals surface area contributed by atoms with Gasteiger partial charge in [-0.2, -0.15) is 0 Å². The molecular weight excluding hydrogens is 328 g/mol. The SMILES string of the molecule is CCc1ccc([C@@H]2Nc3c(OC)cc([N+](=O)[O-])cc3[C@@H]3C=CC[C@H]32)cc1. The number of nitrogens with one attached hydrogen (secondary N) is 1. The van der Waals surface area contributed by atoms with Gasteiger partial charge in [-0.3, -0.25) is 10.1 Å². The molecule has 2 aromatic rings. The maximum atomic E-state index is 11.3. The van der Waals surface area contributed by atoms with Crippen molar-refractivity contribution in [1.29, 1.82) is 0 Å². The van der Waals surface area contributed by atoms with Gasteiger partial charge in [-0.1, -0.05) is 43.3 Å². The van der Waals surface area contributed by atoms with Gasteiger partial charge in [0.25, 0.3) is 5.69 Å². The molecule has 0 radical (unpaired) electrons. The molecule has 0 fully saturated rings. The van der Waals surface area contributed by atoms with Gasteiger partial charge in [0.2, 0.25) is 0 Å². The zero-order valence-corrected chi connectivity index (χ0v) is 14.9. The van der Waals surface area contributed by atoms with Crippen molar-refractivity contribution in [3.8, 4) is 5.75 Å². The smallest absolute Gasteiger partial charge is 0.273 e. The molecule has 0 aromatic heterocycles. The van der Waals surface area contributed by atoms with Crippen molar-refractivity contribution in [3.63, 3.8) is 0 Å². The number of aryl methyl sites for hydroxylation is 1. The summed E-state index contributed by atoms with van der Waals surface area (Å²) in [6.07, 6.45) is 6.35. The van der Waals surface area contributed by atoms with E-state index in [1.165, 1.54) is 17.2 Å². The Balaban J connectivity index is 1.80. The van der Waals surface area contributed by atoms with Gasteiger partial charge < -0.3 is 10.1 Å². The van der Waals surface area contributed by atoms with Crippen LogP contribution in [0.5, 0.6) is 5.75 Å². The topological polar surface area (TPSA) is 64.4 Å². The zero-order chi connectivity index (χ0) is 18.3. The quantitative estimate of drug-likeness (QED) is 0.479. The first kappa shape index (κ1) is 16.6. The average Bonchev–Trinajstić information content (AvgIpc) is 3.16. The Morgan fingerprint density at radius 1 is 1.27 bits per heavy atom. The molecule has 2 aliphatic rings. The fourth-order valence-corrected chi connectivity index (χ4v) is 4.21. The second-order valence-corrected chi connectivity index (χ2v) is 6.94. The minimum absolute atomic E-state index is 0.0761. The molecule has 26 heavy (non-hydrogen) atoms. The van der Waals surface area contributed by atoms with Crippen LogP contribution in [0.4, 0.5) is 11.4 Å². The summed E-state index contributed by atoms with van der Waals surface area (Å²) < 4.78 is 5.48. The van der Waals surface area contributed by atoms with Gasteiger partial charge in [0.15, 0.2) is 0 Å². The first-order valence-corrected chi connectivity index (χ1v) is 9.00. The summed E-state index contributed by atoms with van der Waals surface area (Å²) in [6.45, 7) is 2.15. The van der Waals surface area contributed by atoms with Gasteiger partial charge in [0, 0.05) is 12.0 Å². The molecule has 0 unspecified atom stereocenters. The van der Waals surface area contributed by atoms with Gasteiger partial charge in [-0.15, -0.1) is 0 Å². The van der Waals surface area contributed by atoms with Gasteiger partial charge in [0.1, 0.15) is 5.75 Å². The van der Waals surface area contributed by atoms with Gasteiger partial charge >= 0.3 is 0 Å². The number of anilines is 1. The first-order chi connectivity index (χ1) is 12.6. The van der Waals surface area contributed by atoms with Crippen molar-refractivity contribution >= 4 is 11.4 Å². The Morgan fingerprint density at radius 2 is 2.04 bits per heavy atom. The summed E-state index contributed by atoms with van der Waals surface area (Å²) >= 11 is 0. The van der Waals surface area contributed by atoms with Crippen LogP contribution in [0, 0.1) is 16.0 Å². The lowest BCUT2D eigenvalue weighted by Gasteiger charge is -2.38. The Hall–Kier alpha value is -2.82. The molecule has 4 rings (SSSR count). The number of nitrogens with zero attached hydrogens (tertiary/aromatic N) is 1.